The predicted octanol–water partition coefficient (Wildman–Crippen LogP) is 4.14. The van der Waals surface area contributed by atoms with Crippen molar-refractivity contribution in [1.29, 1.82) is 0 Å². The zero-order valence-electron chi connectivity index (χ0n) is 12.2. The summed E-state index contributed by atoms with van der Waals surface area (Å²) in [5.41, 5.74) is 2.83. The van der Waals surface area contributed by atoms with Crippen LogP contribution in [0.3, 0.4) is 0 Å². The van der Waals surface area contributed by atoms with Crippen LogP contribution in [0.5, 0.6) is 0 Å². The van der Waals surface area contributed by atoms with E-state index in [1.165, 1.54) is 0 Å². The molecule has 0 fully saturated rings. The molecule has 0 aromatic heterocycles. The molecule has 2 rings (SSSR count). The van der Waals surface area contributed by atoms with E-state index >= 15 is 0 Å². The highest BCUT2D eigenvalue weighted by atomic mass is 31.2. The summed E-state index contributed by atoms with van der Waals surface area (Å²) in [6.07, 6.45) is 0.188. The predicted molar refractivity (Wildman–Crippen MR) is 86.6 cm³/mol. The lowest BCUT2D eigenvalue weighted by Gasteiger charge is -2.16. The van der Waals surface area contributed by atoms with Gasteiger partial charge in [-0.25, -0.2) is 0 Å². The fourth-order valence-electron chi connectivity index (χ4n) is 2.30. The van der Waals surface area contributed by atoms with Crippen LogP contribution in [0.15, 0.2) is 54.6 Å². The molecule has 0 heterocycles. The summed E-state index contributed by atoms with van der Waals surface area (Å²) in [6.45, 7) is 3.25. The van der Waals surface area contributed by atoms with Crippen LogP contribution in [0.1, 0.15) is 11.5 Å². The van der Waals surface area contributed by atoms with Crippen LogP contribution in [0.4, 0.5) is 0 Å². The van der Waals surface area contributed by atoms with Gasteiger partial charge < -0.3 is 9.67 Å². The Morgan fingerprint density at radius 1 is 1.00 bits per heavy atom. The molecule has 2 aromatic carbocycles. The van der Waals surface area contributed by atoms with Crippen LogP contribution >= 0.6 is 7.14 Å². The molecule has 1 atom stereocenters. The van der Waals surface area contributed by atoms with Gasteiger partial charge in [-0.05, 0) is 30.0 Å². The molecule has 4 heteroatoms. The van der Waals surface area contributed by atoms with Crippen LogP contribution in [0.25, 0.3) is 11.1 Å². The Labute approximate surface area is 125 Å². The largest absolute Gasteiger partial charge is 0.481 e. The molecule has 0 saturated carbocycles. The monoisotopic (exact) mass is 302 g/mol. The average Bonchev–Trinajstić information content (AvgIpc) is 2.45. The molecule has 0 aliphatic heterocycles. The second-order valence-electron chi connectivity index (χ2n) is 5.64. The van der Waals surface area contributed by atoms with Gasteiger partial charge in [0.15, 0.2) is 0 Å². The van der Waals surface area contributed by atoms with Crippen molar-refractivity contribution in [1.82, 2.24) is 0 Å². The van der Waals surface area contributed by atoms with Gasteiger partial charge in [0, 0.05) is 6.16 Å². The van der Waals surface area contributed by atoms with Crippen LogP contribution in [-0.4, -0.2) is 30.6 Å². The van der Waals surface area contributed by atoms with Crippen molar-refractivity contribution in [3.63, 3.8) is 0 Å². The highest BCUT2D eigenvalue weighted by Crippen LogP contribution is 2.41. The summed E-state index contributed by atoms with van der Waals surface area (Å²) in [7, 11) is -2.39. The van der Waals surface area contributed by atoms with Crippen molar-refractivity contribution >= 4 is 13.1 Å². The molecule has 0 spiro atoms. The molecule has 21 heavy (non-hydrogen) atoms. The van der Waals surface area contributed by atoms with Gasteiger partial charge in [0.2, 0.25) is 0 Å². The van der Waals surface area contributed by atoms with Gasteiger partial charge in [0.25, 0.3) is 0 Å². The van der Waals surface area contributed by atoms with E-state index < -0.39 is 19.0 Å². The molecule has 0 unspecified atom stereocenters. The summed E-state index contributed by atoms with van der Waals surface area (Å²) in [5.74, 6) is -1.64. The molecule has 3 nitrogen and oxygen atoms in total. The Morgan fingerprint density at radius 3 is 2.00 bits per heavy atom. The summed E-state index contributed by atoms with van der Waals surface area (Å²) in [6, 6.07) is 17.4. The summed E-state index contributed by atoms with van der Waals surface area (Å²) >= 11 is 0. The first-order valence-electron chi connectivity index (χ1n) is 6.79. The first-order valence-corrected chi connectivity index (χ1v) is 9.58. The Kier molecular flexibility index (Phi) is 4.64. The third kappa shape index (κ3) is 4.30. The summed E-state index contributed by atoms with van der Waals surface area (Å²) in [4.78, 5) is 11.4. The third-order valence-corrected chi connectivity index (χ3v) is 4.59. The fourth-order valence-corrected chi connectivity index (χ4v) is 3.55. The molecule has 1 N–H and O–H groups in total. The number of hydrogen-bond acceptors (Lipinski definition) is 2. The average molecular weight is 302 g/mol. The van der Waals surface area contributed by atoms with Crippen molar-refractivity contribution in [3.05, 3.63) is 60.2 Å². The van der Waals surface area contributed by atoms with E-state index in [2.05, 4.69) is 0 Å². The van der Waals surface area contributed by atoms with Crippen molar-refractivity contribution in [2.75, 3.05) is 19.5 Å². The lowest BCUT2D eigenvalue weighted by Crippen LogP contribution is -2.15. The Hall–Kier alpha value is -1.86. The van der Waals surface area contributed by atoms with Gasteiger partial charge in [-0.15, -0.1) is 0 Å². The highest BCUT2D eigenvalue weighted by Gasteiger charge is 2.25. The minimum absolute atomic E-state index is 0.188. The number of rotatable bonds is 5. The van der Waals surface area contributed by atoms with Crippen LogP contribution in [0.2, 0.25) is 0 Å². The summed E-state index contributed by atoms with van der Waals surface area (Å²) < 4.78 is 11.9. The van der Waals surface area contributed by atoms with E-state index in [0.29, 0.717) is 5.56 Å². The van der Waals surface area contributed by atoms with Crippen LogP contribution < -0.4 is 0 Å². The molecular weight excluding hydrogens is 283 g/mol. The second-order valence-corrected chi connectivity index (χ2v) is 9.15. The maximum absolute atomic E-state index is 11.9. The number of hydrogen-bond donors (Lipinski definition) is 1. The maximum Gasteiger partial charge on any atom is 0.311 e. The molecule has 0 saturated heterocycles. The minimum atomic E-state index is -2.39. The van der Waals surface area contributed by atoms with Gasteiger partial charge in [-0.1, -0.05) is 54.6 Å². The first kappa shape index (κ1) is 15.5. The highest BCUT2D eigenvalue weighted by molar-refractivity contribution is 7.62. The molecule has 0 aliphatic carbocycles. The number of benzene rings is 2. The topological polar surface area (TPSA) is 54.4 Å². The van der Waals surface area contributed by atoms with E-state index in [1.807, 2.05) is 54.6 Å². The number of carboxylic acids is 1. The Morgan fingerprint density at radius 2 is 1.52 bits per heavy atom. The standard InChI is InChI=1S/C17H19O3P/c1-21(2,20)12-16(17(18)19)15-10-8-14(9-11-15)13-6-4-3-5-7-13/h3-11,16H,12H2,1-2H3,(H,18,19)/t16-/m0/s1. The zero-order chi connectivity index (χ0) is 15.5. The minimum Gasteiger partial charge on any atom is -0.481 e. The van der Waals surface area contributed by atoms with E-state index in [1.54, 1.807) is 13.3 Å². The second kappa shape index (κ2) is 6.28. The van der Waals surface area contributed by atoms with Gasteiger partial charge in [-0.3, -0.25) is 4.79 Å². The lowest BCUT2D eigenvalue weighted by atomic mass is 9.97. The third-order valence-electron chi connectivity index (χ3n) is 3.34. The van der Waals surface area contributed by atoms with Crippen LogP contribution in [-0.2, 0) is 9.36 Å². The molecule has 0 aliphatic rings. The fraction of sp³-hybridized carbons (Fsp3) is 0.235. The summed E-state index contributed by atoms with van der Waals surface area (Å²) in [5, 5.41) is 9.36. The lowest BCUT2D eigenvalue weighted by molar-refractivity contribution is -0.138. The quantitative estimate of drug-likeness (QED) is 0.844. The Bertz CT molecular complexity index is 656. The van der Waals surface area contributed by atoms with E-state index in [4.69, 9.17) is 0 Å². The smallest absolute Gasteiger partial charge is 0.311 e. The number of carbonyl (C=O) groups is 1. The Balaban J connectivity index is 2.28. The SMILES string of the molecule is CP(C)(=O)C[C@H](C(=O)O)c1ccc(-c2ccccc2)cc1. The number of aliphatic carboxylic acids is 1. The van der Waals surface area contributed by atoms with Crippen LogP contribution in [0, 0.1) is 0 Å². The molecule has 2 aromatic rings. The normalized spacial score (nSPS) is 12.9. The van der Waals surface area contributed by atoms with E-state index in [0.717, 1.165) is 11.1 Å². The van der Waals surface area contributed by atoms with E-state index in [-0.39, 0.29) is 6.16 Å². The van der Waals surface area contributed by atoms with Crippen molar-refractivity contribution in [2.24, 2.45) is 0 Å². The molecule has 0 bridgehead atoms. The maximum atomic E-state index is 11.9. The van der Waals surface area contributed by atoms with Gasteiger partial charge in [0.1, 0.15) is 0 Å². The van der Waals surface area contributed by atoms with Gasteiger partial charge >= 0.3 is 5.97 Å². The molecule has 110 valence electrons. The first-order chi connectivity index (χ1) is 9.87. The molecule has 0 radical (unpaired) electrons. The number of carboxylic acid groups (broad SMARTS) is 1. The molecule has 0 amide bonds. The van der Waals surface area contributed by atoms with Gasteiger partial charge in [0.05, 0.1) is 13.1 Å². The van der Waals surface area contributed by atoms with E-state index in [9.17, 15) is 14.5 Å². The van der Waals surface area contributed by atoms with Crippen molar-refractivity contribution in [3.8, 4) is 11.1 Å². The van der Waals surface area contributed by atoms with Gasteiger partial charge in [-0.2, -0.15) is 0 Å². The zero-order valence-corrected chi connectivity index (χ0v) is 13.1. The van der Waals surface area contributed by atoms with Crippen molar-refractivity contribution < 1.29 is 14.5 Å². The van der Waals surface area contributed by atoms with Crippen molar-refractivity contribution in [2.45, 2.75) is 5.92 Å². The molecular formula is C17H19O3P.